The molecule has 0 bridgehead atoms. The Bertz CT molecular complexity index is 1340. The number of amides is 2. The van der Waals surface area contributed by atoms with E-state index in [1.807, 2.05) is 26.0 Å². The van der Waals surface area contributed by atoms with Crippen LogP contribution < -0.4 is 20.1 Å². The van der Waals surface area contributed by atoms with Gasteiger partial charge in [0.15, 0.2) is 0 Å². The summed E-state index contributed by atoms with van der Waals surface area (Å²) < 4.78 is 33.4. The van der Waals surface area contributed by atoms with E-state index in [2.05, 4.69) is 15.4 Å². The van der Waals surface area contributed by atoms with E-state index >= 15 is 0 Å². The molecule has 0 radical (unpaired) electrons. The van der Waals surface area contributed by atoms with Crippen molar-refractivity contribution in [3.63, 3.8) is 0 Å². The van der Waals surface area contributed by atoms with Gasteiger partial charge < -0.3 is 15.4 Å². The number of hydrogen-bond acceptors (Lipinski definition) is 5. The molecule has 9 heteroatoms. The fraction of sp³-hybridized carbons (Fsp3) is 0.200. The summed E-state index contributed by atoms with van der Waals surface area (Å²) in [5, 5.41) is 5.25. The van der Waals surface area contributed by atoms with E-state index in [-0.39, 0.29) is 17.0 Å². The van der Waals surface area contributed by atoms with Gasteiger partial charge in [-0.1, -0.05) is 24.3 Å². The minimum absolute atomic E-state index is 0.0568. The molecule has 0 aliphatic carbocycles. The van der Waals surface area contributed by atoms with Crippen LogP contribution in [0.15, 0.2) is 65.6 Å². The van der Waals surface area contributed by atoms with E-state index in [1.54, 1.807) is 43.3 Å². The lowest BCUT2D eigenvalue weighted by molar-refractivity contribution is -0.115. The highest BCUT2D eigenvalue weighted by atomic mass is 32.2. The standard InChI is InChI=1S/C25H27N3O5S/c1-16-6-5-7-19(12-16)28-34(31,32)20-10-9-18(3)21(14-20)25(30)26-15-24(29)27-22-13-17(2)8-11-23(22)33-4/h5-14,28H,15H2,1-4H3,(H,26,30)(H,27,29). The van der Waals surface area contributed by atoms with Crippen LogP contribution in [0.5, 0.6) is 5.75 Å². The molecular formula is C25H27N3O5S. The van der Waals surface area contributed by atoms with Gasteiger partial charge in [-0.25, -0.2) is 8.42 Å². The summed E-state index contributed by atoms with van der Waals surface area (Å²) >= 11 is 0. The molecule has 3 N–H and O–H groups in total. The van der Waals surface area contributed by atoms with Gasteiger partial charge >= 0.3 is 0 Å². The first-order chi connectivity index (χ1) is 16.1. The molecule has 0 spiro atoms. The summed E-state index contributed by atoms with van der Waals surface area (Å²) in [6.45, 7) is 5.14. The predicted octanol–water partition coefficient (Wildman–Crippen LogP) is 3.79. The van der Waals surface area contributed by atoms with Gasteiger partial charge in [0, 0.05) is 11.3 Å². The number of methoxy groups -OCH3 is 1. The quantitative estimate of drug-likeness (QED) is 0.453. The summed E-state index contributed by atoms with van der Waals surface area (Å²) in [6.07, 6.45) is 0. The Morgan fingerprint density at radius 3 is 2.35 bits per heavy atom. The van der Waals surface area contributed by atoms with Crippen LogP contribution in [0.4, 0.5) is 11.4 Å². The normalized spacial score (nSPS) is 10.9. The summed E-state index contributed by atoms with van der Waals surface area (Å²) in [6, 6.07) is 16.6. The maximum Gasteiger partial charge on any atom is 0.261 e. The molecule has 0 aliphatic rings. The molecular weight excluding hydrogens is 454 g/mol. The maximum atomic E-state index is 12.8. The highest BCUT2D eigenvalue weighted by molar-refractivity contribution is 7.92. The fourth-order valence-corrected chi connectivity index (χ4v) is 4.38. The van der Waals surface area contributed by atoms with Crippen LogP contribution in [0, 0.1) is 20.8 Å². The highest BCUT2D eigenvalue weighted by Crippen LogP contribution is 2.25. The minimum Gasteiger partial charge on any atom is -0.495 e. The number of rotatable bonds is 8. The molecule has 0 saturated carbocycles. The number of nitrogens with one attached hydrogen (secondary N) is 3. The van der Waals surface area contributed by atoms with Crippen molar-refractivity contribution < 1.29 is 22.7 Å². The molecule has 0 aromatic heterocycles. The van der Waals surface area contributed by atoms with Gasteiger partial charge in [0.1, 0.15) is 5.75 Å². The van der Waals surface area contributed by atoms with Crippen LogP contribution in [0.2, 0.25) is 0 Å². The van der Waals surface area contributed by atoms with E-state index < -0.39 is 21.8 Å². The number of aryl methyl sites for hydroxylation is 3. The van der Waals surface area contributed by atoms with E-state index in [9.17, 15) is 18.0 Å². The van der Waals surface area contributed by atoms with Crippen molar-refractivity contribution in [1.82, 2.24) is 5.32 Å². The van der Waals surface area contributed by atoms with E-state index in [1.165, 1.54) is 19.2 Å². The van der Waals surface area contributed by atoms with Crippen LogP contribution in [-0.4, -0.2) is 33.9 Å². The third-order valence-electron chi connectivity index (χ3n) is 5.07. The molecule has 8 nitrogen and oxygen atoms in total. The topological polar surface area (TPSA) is 114 Å². The molecule has 3 rings (SSSR count). The van der Waals surface area contributed by atoms with Crippen molar-refractivity contribution in [2.75, 3.05) is 23.7 Å². The van der Waals surface area contributed by atoms with Crippen molar-refractivity contribution in [2.24, 2.45) is 0 Å². The second kappa shape index (κ2) is 10.4. The Morgan fingerprint density at radius 1 is 0.912 bits per heavy atom. The second-order valence-electron chi connectivity index (χ2n) is 7.89. The van der Waals surface area contributed by atoms with Crippen LogP contribution in [0.3, 0.4) is 0 Å². The van der Waals surface area contributed by atoms with Gasteiger partial charge in [0.05, 0.1) is 24.2 Å². The molecule has 178 valence electrons. The molecule has 0 unspecified atom stereocenters. The molecule has 0 atom stereocenters. The smallest absolute Gasteiger partial charge is 0.261 e. The Hall–Kier alpha value is -3.85. The third kappa shape index (κ3) is 6.14. The molecule has 0 fully saturated rings. The average Bonchev–Trinajstić information content (AvgIpc) is 2.77. The van der Waals surface area contributed by atoms with Gasteiger partial charge in [0.2, 0.25) is 5.91 Å². The number of hydrogen-bond donors (Lipinski definition) is 3. The highest BCUT2D eigenvalue weighted by Gasteiger charge is 2.19. The molecule has 0 aliphatic heterocycles. The Balaban J connectivity index is 1.71. The van der Waals surface area contributed by atoms with Crippen LogP contribution in [-0.2, 0) is 14.8 Å². The monoisotopic (exact) mass is 481 g/mol. The summed E-state index contributed by atoms with van der Waals surface area (Å²) in [4.78, 5) is 25.1. The first kappa shape index (κ1) is 24.8. The van der Waals surface area contributed by atoms with E-state index in [0.29, 0.717) is 22.7 Å². The first-order valence-electron chi connectivity index (χ1n) is 10.5. The predicted molar refractivity (Wildman–Crippen MR) is 132 cm³/mol. The summed E-state index contributed by atoms with van der Waals surface area (Å²) in [5.74, 6) is -0.503. The first-order valence-corrected chi connectivity index (χ1v) is 12.0. The Kier molecular flexibility index (Phi) is 7.57. The number of carbonyl (C=O) groups excluding carboxylic acids is 2. The number of benzene rings is 3. The van der Waals surface area contributed by atoms with Gasteiger partial charge in [-0.15, -0.1) is 0 Å². The number of sulfonamides is 1. The number of ether oxygens (including phenoxy) is 1. The van der Waals surface area contributed by atoms with Gasteiger partial charge in [-0.2, -0.15) is 0 Å². The maximum absolute atomic E-state index is 12.8. The zero-order chi connectivity index (χ0) is 24.9. The average molecular weight is 482 g/mol. The van der Waals surface area contributed by atoms with Crippen molar-refractivity contribution in [3.05, 3.63) is 82.9 Å². The zero-order valence-electron chi connectivity index (χ0n) is 19.4. The van der Waals surface area contributed by atoms with Gasteiger partial charge in [0.25, 0.3) is 15.9 Å². The number of anilines is 2. The van der Waals surface area contributed by atoms with Crippen LogP contribution in [0.25, 0.3) is 0 Å². The van der Waals surface area contributed by atoms with Crippen molar-refractivity contribution >= 4 is 33.2 Å². The molecule has 34 heavy (non-hydrogen) atoms. The Labute approximate surface area is 199 Å². The van der Waals surface area contributed by atoms with Crippen LogP contribution >= 0.6 is 0 Å². The third-order valence-corrected chi connectivity index (χ3v) is 6.45. The zero-order valence-corrected chi connectivity index (χ0v) is 20.2. The molecule has 0 saturated heterocycles. The van der Waals surface area contributed by atoms with Gasteiger partial charge in [-0.3, -0.25) is 14.3 Å². The lowest BCUT2D eigenvalue weighted by Gasteiger charge is -2.13. The molecule has 2 amide bonds. The fourth-order valence-electron chi connectivity index (χ4n) is 3.31. The largest absolute Gasteiger partial charge is 0.495 e. The minimum atomic E-state index is -3.91. The SMILES string of the molecule is COc1ccc(C)cc1NC(=O)CNC(=O)c1cc(S(=O)(=O)Nc2cccc(C)c2)ccc1C. The van der Waals surface area contributed by atoms with Crippen molar-refractivity contribution in [1.29, 1.82) is 0 Å². The molecule has 3 aromatic carbocycles. The number of carbonyl (C=O) groups is 2. The molecule has 0 heterocycles. The van der Waals surface area contributed by atoms with Crippen LogP contribution in [0.1, 0.15) is 27.0 Å². The Morgan fingerprint density at radius 2 is 1.65 bits per heavy atom. The van der Waals surface area contributed by atoms with Gasteiger partial charge in [-0.05, 0) is 73.9 Å². The van der Waals surface area contributed by atoms with E-state index in [4.69, 9.17) is 4.74 Å². The summed E-state index contributed by atoms with van der Waals surface area (Å²) in [7, 11) is -2.41. The lowest BCUT2D eigenvalue weighted by Crippen LogP contribution is -2.33. The van der Waals surface area contributed by atoms with Crippen molar-refractivity contribution in [2.45, 2.75) is 25.7 Å². The van der Waals surface area contributed by atoms with E-state index in [0.717, 1.165) is 11.1 Å². The second-order valence-corrected chi connectivity index (χ2v) is 9.57. The van der Waals surface area contributed by atoms with Crippen molar-refractivity contribution in [3.8, 4) is 5.75 Å². The lowest BCUT2D eigenvalue weighted by atomic mass is 10.1. The molecule has 3 aromatic rings. The summed E-state index contributed by atoms with van der Waals surface area (Å²) in [5.41, 5.74) is 3.50.